The largest absolute Gasteiger partial charge is 0.492 e. The zero-order valence-corrected chi connectivity index (χ0v) is 16.4. The van der Waals surface area contributed by atoms with Crippen LogP contribution in [0.4, 0.5) is 0 Å². The molecule has 0 radical (unpaired) electrons. The predicted molar refractivity (Wildman–Crippen MR) is 94.7 cm³/mol. The molecule has 3 N–H and O–H groups in total. The fourth-order valence-electron chi connectivity index (χ4n) is 4.18. The minimum absolute atomic E-state index is 0.186. The molecule has 0 saturated carbocycles. The van der Waals surface area contributed by atoms with Gasteiger partial charge in [0.15, 0.2) is 11.2 Å². The zero-order valence-electron chi connectivity index (χ0n) is 15.2. The van der Waals surface area contributed by atoms with Crippen molar-refractivity contribution in [1.82, 2.24) is 19.5 Å². The number of aliphatic hydroxyl groups excluding tert-OH is 2. The average Bonchev–Trinajstić information content (AvgIpc) is 3.07. The van der Waals surface area contributed by atoms with Crippen LogP contribution in [0.15, 0.2) is 12.7 Å². The van der Waals surface area contributed by atoms with Gasteiger partial charge in [-0.15, -0.1) is 0 Å². The van der Waals surface area contributed by atoms with E-state index in [0.29, 0.717) is 11.2 Å². The highest BCUT2D eigenvalue weighted by molar-refractivity contribution is 6.58. The van der Waals surface area contributed by atoms with E-state index in [0.717, 1.165) is 0 Å². The molecule has 0 bridgehead atoms. The summed E-state index contributed by atoms with van der Waals surface area (Å²) >= 11 is 0. The van der Waals surface area contributed by atoms with Crippen LogP contribution in [0.1, 0.15) is 20.8 Å². The van der Waals surface area contributed by atoms with E-state index in [-0.39, 0.29) is 23.8 Å². The average molecular weight is 366 g/mol. The van der Waals surface area contributed by atoms with E-state index < -0.39 is 26.4 Å². The van der Waals surface area contributed by atoms with Crippen LogP contribution in [0, 0.1) is 11.3 Å². The molecule has 0 amide bonds. The number of rotatable bonds is 3. The summed E-state index contributed by atoms with van der Waals surface area (Å²) in [6.07, 6.45) is 1.39. The molecular formula is C16H26N4O4Si. The molecule has 1 aliphatic rings. The first-order valence-corrected chi connectivity index (χ1v) is 11.4. The van der Waals surface area contributed by atoms with Crippen molar-refractivity contribution < 1.29 is 20.1 Å². The van der Waals surface area contributed by atoms with E-state index in [1.54, 1.807) is 6.33 Å². The SMILES string of the molecule is C[SiH](C)[C@@]1(n2cnc3c(O)ncnc32)O[C@H](CO)[C@@H](O)[C@H]1C(C)(C)C. The summed E-state index contributed by atoms with van der Waals surface area (Å²) in [5, 5.41) is 29.8. The summed E-state index contributed by atoms with van der Waals surface area (Å²) < 4.78 is 8.17. The lowest BCUT2D eigenvalue weighted by molar-refractivity contribution is -0.0856. The number of imidazole rings is 1. The van der Waals surface area contributed by atoms with E-state index in [2.05, 4.69) is 48.8 Å². The van der Waals surface area contributed by atoms with Crippen molar-refractivity contribution in [3.8, 4) is 5.88 Å². The number of aromatic nitrogens is 4. The molecule has 0 aliphatic carbocycles. The van der Waals surface area contributed by atoms with E-state index in [1.165, 1.54) is 6.33 Å². The summed E-state index contributed by atoms with van der Waals surface area (Å²) in [7, 11) is -1.64. The summed E-state index contributed by atoms with van der Waals surface area (Å²) in [5.74, 6) is -0.452. The standard InChI is InChI=1S/C16H26N4O4Si/c1-15(2,3)12-11(22)9(6-21)24-16(12,25(4)5)20-8-19-10-13(20)17-7-18-14(10)23/h7-9,11-12,21-22,25H,6H2,1-5H3,(H,17,18,23)/t9-,11-,12+,16+/m1/s1. The van der Waals surface area contributed by atoms with Crippen LogP contribution in [-0.2, 0) is 10.1 Å². The zero-order chi connectivity index (χ0) is 18.6. The maximum atomic E-state index is 10.9. The Morgan fingerprint density at radius 3 is 2.52 bits per heavy atom. The predicted octanol–water partition coefficient (Wildman–Crippen LogP) is 0.625. The summed E-state index contributed by atoms with van der Waals surface area (Å²) in [5.41, 5.74) is 0.482. The molecule has 1 saturated heterocycles. The Morgan fingerprint density at radius 2 is 1.96 bits per heavy atom. The number of nitrogens with zero attached hydrogens (tertiary/aromatic N) is 4. The first-order valence-electron chi connectivity index (χ1n) is 8.48. The van der Waals surface area contributed by atoms with Crippen molar-refractivity contribution in [2.24, 2.45) is 11.3 Å². The molecule has 25 heavy (non-hydrogen) atoms. The van der Waals surface area contributed by atoms with Gasteiger partial charge in [-0.3, -0.25) is 4.57 Å². The molecule has 8 nitrogen and oxygen atoms in total. The Labute approximate surface area is 148 Å². The van der Waals surface area contributed by atoms with Crippen LogP contribution >= 0.6 is 0 Å². The van der Waals surface area contributed by atoms with Gasteiger partial charge in [0.2, 0.25) is 5.88 Å². The minimum atomic E-state index is -1.64. The molecule has 0 unspecified atom stereocenters. The fraction of sp³-hybridized carbons (Fsp3) is 0.688. The van der Waals surface area contributed by atoms with Crippen LogP contribution in [-0.4, -0.2) is 62.5 Å². The van der Waals surface area contributed by atoms with E-state index in [1.807, 2.05) is 4.57 Å². The summed E-state index contributed by atoms with van der Waals surface area (Å²) in [6, 6.07) is 0. The first kappa shape index (κ1) is 18.2. The minimum Gasteiger partial charge on any atom is -0.492 e. The monoisotopic (exact) mass is 366 g/mol. The van der Waals surface area contributed by atoms with E-state index >= 15 is 0 Å². The molecular weight excluding hydrogens is 340 g/mol. The van der Waals surface area contributed by atoms with Gasteiger partial charge in [-0.1, -0.05) is 33.9 Å². The highest BCUT2D eigenvalue weighted by atomic mass is 28.3. The molecule has 0 aromatic carbocycles. The number of hydrogen-bond acceptors (Lipinski definition) is 7. The third-order valence-electron chi connectivity index (χ3n) is 5.14. The molecule has 0 spiro atoms. The van der Waals surface area contributed by atoms with Gasteiger partial charge < -0.3 is 20.1 Å². The van der Waals surface area contributed by atoms with Crippen molar-refractivity contribution in [2.75, 3.05) is 6.61 Å². The Balaban J connectivity index is 2.30. The number of ether oxygens (including phenoxy) is 1. The van der Waals surface area contributed by atoms with Crippen LogP contribution < -0.4 is 0 Å². The fourth-order valence-corrected chi connectivity index (χ4v) is 6.79. The van der Waals surface area contributed by atoms with Crippen molar-refractivity contribution in [3.05, 3.63) is 12.7 Å². The Bertz CT molecular complexity index is 775. The van der Waals surface area contributed by atoms with Gasteiger partial charge in [-0.05, 0) is 5.41 Å². The Kier molecular flexibility index (Phi) is 4.39. The molecule has 3 rings (SSSR count). The second-order valence-corrected chi connectivity index (χ2v) is 11.2. The van der Waals surface area contributed by atoms with Crippen LogP contribution in [0.2, 0.25) is 13.1 Å². The number of aromatic hydroxyl groups is 1. The third-order valence-corrected chi connectivity index (χ3v) is 7.57. The molecule has 1 aliphatic heterocycles. The molecule has 1 fully saturated rings. The van der Waals surface area contributed by atoms with Gasteiger partial charge >= 0.3 is 0 Å². The molecule has 4 atom stereocenters. The van der Waals surface area contributed by atoms with Gasteiger partial charge in [-0.2, -0.15) is 4.98 Å². The van der Waals surface area contributed by atoms with Gasteiger partial charge in [0.05, 0.1) is 27.8 Å². The second kappa shape index (κ2) is 6.01. The lowest BCUT2D eigenvalue weighted by atomic mass is 9.76. The Hall–Kier alpha value is -1.55. The lowest BCUT2D eigenvalue weighted by Gasteiger charge is -2.45. The van der Waals surface area contributed by atoms with Gasteiger partial charge in [0, 0.05) is 5.92 Å². The molecule has 2 aromatic heterocycles. The smallest absolute Gasteiger partial charge is 0.242 e. The highest BCUT2D eigenvalue weighted by Crippen LogP contribution is 2.51. The molecule has 3 heterocycles. The van der Waals surface area contributed by atoms with Crippen LogP contribution in [0.3, 0.4) is 0 Å². The van der Waals surface area contributed by atoms with E-state index in [4.69, 9.17) is 4.74 Å². The van der Waals surface area contributed by atoms with Crippen molar-refractivity contribution in [3.63, 3.8) is 0 Å². The third kappa shape index (κ3) is 2.57. The van der Waals surface area contributed by atoms with Gasteiger partial charge in [-0.25, -0.2) is 9.97 Å². The van der Waals surface area contributed by atoms with Crippen molar-refractivity contribution in [2.45, 2.75) is 51.4 Å². The first-order chi connectivity index (χ1) is 11.6. The van der Waals surface area contributed by atoms with Gasteiger partial charge in [0.1, 0.15) is 17.8 Å². The molecule has 9 heteroatoms. The number of hydrogen-bond donors (Lipinski definition) is 3. The quantitative estimate of drug-likeness (QED) is 0.683. The normalized spacial score (nSPS) is 30.5. The highest BCUT2D eigenvalue weighted by Gasteiger charge is 2.61. The van der Waals surface area contributed by atoms with Crippen molar-refractivity contribution in [1.29, 1.82) is 0 Å². The van der Waals surface area contributed by atoms with Crippen molar-refractivity contribution >= 4 is 20.0 Å². The van der Waals surface area contributed by atoms with Gasteiger partial charge in [0.25, 0.3) is 0 Å². The second-order valence-electron chi connectivity index (χ2n) is 8.06. The molecule has 2 aromatic rings. The number of aliphatic hydroxyl groups is 2. The van der Waals surface area contributed by atoms with Crippen LogP contribution in [0.25, 0.3) is 11.2 Å². The Morgan fingerprint density at radius 1 is 1.28 bits per heavy atom. The molecule has 138 valence electrons. The topological polar surface area (TPSA) is 114 Å². The maximum absolute atomic E-state index is 10.9. The van der Waals surface area contributed by atoms with Crippen LogP contribution in [0.5, 0.6) is 5.88 Å². The maximum Gasteiger partial charge on any atom is 0.242 e. The summed E-state index contributed by atoms with van der Waals surface area (Å²) in [6.45, 7) is 10.2. The number of fused-ring (bicyclic) bond motifs is 1. The summed E-state index contributed by atoms with van der Waals surface area (Å²) in [4.78, 5) is 12.3. The van der Waals surface area contributed by atoms with E-state index in [9.17, 15) is 15.3 Å². The lowest BCUT2D eigenvalue weighted by Crippen LogP contribution is -2.55.